The van der Waals surface area contributed by atoms with Gasteiger partial charge in [-0.3, -0.25) is 4.79 Å². The number of amides is 1. The normalized spacial score (nSPS) is 28.9. The number of hydrogen-bond acceptors (Lipinski definition) is 4. The Morgan fingerprint density at radius 2 is 2.29 bits per heavy atom. The highest BCUT2D eigenvalue weighted by Crippen LogP contribution is 2.19. The standard InChI is InChI=1S/C12H17NO3S/c14-10-5-1-4-9(12(10)16)13-11(15)7-8-3-2-6-17-8/h2-3,6,9-10,12,14,16H,1,4-5,7H2,(H,13,15)/t9-,10-,12-/m1/s1. The van der Waals surface area contributed by atoms with Crippen LogP contribution in [-0.4, -0.2) is 34.4 Å². The lowest BCUT2D eigenvalue weighted by Crippen LogP contribution is -2.51. The number of rotatable bonds is 3. The molecule has 1 amide bonds. The molecule has 1 aromatic heterocycles. The van der Waals surface area contributed by atoms with Gasteiger partial charge < -0.3 is 15.5 Å². The fourth-order valence-corrected chi connectivity index (χ4v) is 2.85. The highest BCUT2D eigenvalue weighted by molar-refractivity contribution is 7.10. The van der Waals surface area contributed by atoms with Crippen LogP contribution < -0.4 is 5.32 Å². The molecule has 0 spiro atoms. The van der Waals surface area contributed by atoms with Crippen molar-refractivity contribution in [3.05, 3.63) is 22.4 Å². The molecule has 0 radical (unpaired) electrons. The third kappa shape index (κ3) is 3.28. The number of carbonyl (C=O) groups is 1. The summed E-state index contributed by atoms with van der Waals surface area (Å²) in [4.78, 5) is 12.7. The van der Waals surface area contributed by atoms with E-state index in [1.165, 1.54) is 0 Å². The molecule has 94 valence electrons. The molecule has 0 saturated heterocycles. The minimum absolute atomic E-state index is 0.0920. The molecule has 0 aromatic carbocycles. The van der Waals surface area contributed by atoms with Crippen molar-refractivity contribution in [1.29, 1.82) is 0 Å². The van der Waals surface area contributed by atoms with Crippen molar-refractivity contribution in [2.24, 2.45) is 0 Å². The molecular formula is C12H17NO3S. The fraction of sp³-hybridized carbons (Fsp3) is 0.583. The van der Waals surface area contributed by atoms with Gasteiger partial charge in [0.05, 0.1) is 24.7 Å². The van der Waals surface area contributed by atoms with Crippen LogP contribution in [0.4, 0.5) is 0 Å². The molecule has 1 aliphatic rings. The first-order chi connectivity index (χ1) is 8.16. The third-order valence-corrected chi connectivity index (χ3v) is 3.96. The van der Waals surface area contributed by atoms with E-state index in [2.05, 4.69) is 5.32 Å². The van der Waals surface area contributed by atoms with Crippen LogP contribution in [0.25, 0.3) is 0 Å². The zero-order valence-electron chi connectivity index (χ0n) is 9.50. The summed E-state index contributed by atoms with van der Waals surface area (Å²) in [6.45, 7) is 0. The molecule has 0 aliphatic heterocycles. The maximum Gasteiger partial charge on any atom is 0.225 e. The van der Waals surface area contributed by atoms with Gasteiger partial charge in [-0.25, -0.2) is 0 Å². The lowest BCUT2D eigenvalue weighted by molar-refractivity contribution is -0.123. The molecule has 1 heterocycles. The molecule has 0 unspecified atom stereocenters. The zero-order valence-corrected chi connectivity index (χ0v) is 10.3. The van der Waals surface area contributed by atoms with Gasteiger partial charge in [0.1, 0.15) is 0 Å². The summed E-state index contributed by atoms with van der Waals surface area (Å²) >= 11 is 1.54. The minimum atomic E-state index is -0.837. The van der Waals surface area contributed by atoms with Gasteiger partial charge in [0, 0.05) is 4.88 Å². The van der Waals surface area contributed by atoms with E-state index >= 15 is 0 Å². The maximum absolute atomic E-state index is 11.7. The van der Waals surface area contributed by atoms with Crippen LogP contribution in [0.5, 0.6) is 0 Å². The van der Waals surface area contributed by atoms with E-state index in [1.807, 2.05) is 17.5 Å². The molecule has 0 bridgehead atoms. The number of thiophene rings is 1. The number of carbonyl (C=O) groups excluding carboxylic acids is 1. The Hall–Kier alpha value is -0.910. The van der Waals surface area contributed by atoms with Crippen molar-refractivity contribution < 1.29 is 15.0 Å². The summed E-state index contributed by atoms with van der Waals surface area (Å²) in [5, 5.41) is 24.0. The van der Waals surface area contributed by atoms with Crippen LogP contribution in [0.15, 0.2) is 17.5 Å². The Morgan fingerprint density at radius 3 is 3.00 bits per heavy atom. The molecule has 1 aliphatic carbocycles. The smallest absolute Gasteiger partial charge is 0.225 e. The summed E-state index contributed by atoms with van der Waals surface area (Å²) in [6, 6.07) is 3.51. The molecule has 5 heteroatoms. The van der Waals surface area contributed by atoms with Crippen LogP contribution in [0.3, 0.4) is 0 Å². The molecule has 3 N–H and O–H groups in total. The van der Waals surface area contributed by atoms with Crippen LogP contribution in [0, 0.1) is 0 Å². The minimum Gasteiger partial charge on any atom is -0.390 e. The number of aliphatic hydroxyl groups is 2. The van der Waals surface area contributed by atoms with Crippen molar-refractivity contribution in [1.82, 2.24) is 5.32 Å². The van der Waals surface area contributed by atoms with Gasteiger partial charge in [0.25, 0.3) is 0 Å². The topological polar surface area (TPSA) is 69.6 Å². The largest absolute Gasteiger partial charge is 0.390 e. The van der Waals surface area contributed by atoms with Crippen molar-refractivity contribution in [2.75, 3.05) is 0 Å². The molecule has 3 atom stereocenters. The summed E-state index contributed by atoms with van der Waals surface area (Å²) in [5.41, 5.74) is 0. The third-order valence-electron chi connectivity index (χ3n) is 3.08. The predicted molar refractivity (Wildman–Crippen MR) is 65.8 cm³/mol. The molecular weight excluding hydrogens is 238 g/mol. The SMILES string of the molecule is O=C(Cc1cccs1)N[C@@H]1CCC[C@@H](O)[C@@H]1O. The van der Waals surface area contributed by atoms with E-state index in [0.717, 1.165) is 17.7 Å². The molecule has 1 fully saturated rings. The Balaban J connectivity index is 1.85. The Morgan fingerprint density at radius 1 is 1.47 bits per heavy atom. The van der Waals surface area contributed by atoms with Crippen LogP contribution in [0.1, 0.15) is 24.1 Å². The highest BCUT2D eigenvalue weighted by Gasteiger charge is 2.31. The summed E-state index contributed by atoms with van der Waals surface area (Å²) in [5.74, 6) is -0.0920. The summed E-state index contributed by atoms with van der Waals surface area (Å²) in [6.07, 6.45) is 0.971. The van der Waals surface area contributed by atoms with Crippen LogP contribution in [-0.2, 0) is 11.2 Å². The van der Waals surface area contributed by atoms with Crippen LogP contribution in [0.2, 0.25) is 0 Å². The molecule has 17 heavy (non-hydrogen) atoms. The van der Waals surface area contributed by atoms with Gasteiger partial charge in [-0.15, -0.1) is 11.3 Å². The quantitative estimate of drug-likeness (QED) is 0.744. The van der Waals surface area contributed by atoms with E-state index in [-0.39, 0.29) is 11.9 Å². The average Bonchev–Trinajstić information content (AvgIpc) is 2.77. The fourth-order valence-electron chi connectivity index (χ4n) is 2.14. The van der Waals surface area contributed by atoms with Gasteiger partial charge in [-0.2, -0.15) is 0 Å². The van der Waals surface area contributed by atoms with E-state index in [1.54, 1.807) is 11.3 Å². The number of aliphatic hydroxyl groups excluding tert-OH is 2. The summed E-state index contributed by atoms with van der Waals surface area (Å²) in [7, 11) is 0. The van der Waals surface area contributed by atoms with E-state index < -0.39 is 12.2 Å². The predicted octanol–water partition coefficient (Wildman–Crippen LogP) is 0.681. The van der Waals surface area contributed by atoms with Crippen molar-refractivity contribution in [2.45, 2.75) is 43.9 Å². The van der Waals surface area contributed by atoms with E-state index in [9.17, 15) is 15.0 Å². The van der Waals surface area contributed by atoms with E-state index in [4.69, 9.17) is 0 Å². The summed E-state index contributed by atoms with van der Waals surface area (Å²) < 4.78 is 0. The van der Waals surface area contributed by atoms with Gasteiger partial charge >= 0.3 is 0 Å². The van der Waals surface area contributed by atoms with Crippen molar-refractivity contribution in [3.8, 4) is 0 Å². The van der Waals surface area contributed by atoms with Crippen molar-refractivity contribution >= 4 is 17.2 Å². The Bertz CT molecular complexity index is 366. The second-order valence-electron chi connectivity index (χ2n) is 4.42. The monoisotopic (exact) mass is 255 g/mol. The lowest BCUT2D eigenvalue weighted by Gasteiger charge is -2.32. The van der Waals surface area contributed by atoms with E-state index in [0.29, 0.717) is 12.8 Å². The average molecular weight is 255 g/mol. The zero-order chi connectivity index (χ0) is 12.3. The van der Waals surface area contributed by atoms with Crippen molar-refractivity contribution in [3.63, 3.8) is 0 Å². The van der Waals surface area contributed by atoms with Gasteiger partial charge in [0.15, 0.2) is 0 Å². The Labute approximate surface area is 104 Å². The second-order valence-corrected chi connectivity index (χ2v) is 5.45. The van der Waals surface area contributed by atoms with Gasteiger partial charge in [0.2, 0.25) is 5.91 Å². The molecule has 4 nitrogen and oxygen atoms in total. The van der Waals surface area contributed by atoms with Gasteiger partial charge in [-0.1, -0.05) is 6.07 Å². The molecule has 1 aromatic rings. The molecule has 1 saturated carbocycles. The molecule has 2 rings (SSSR count). The van der Waals surface area contributed by atoms with Crippen LogP contribution >= 0.6 is 11.3 Å². The Kier molecular flexibility index (Phi) is 4.15. The first-order valence-corrected chi connectivity index (χ1v) is 6.72. The first-order valence-electron chi connectivity index (χ1n) is 5.84. The van der Waals surface area contributed by atoms with Gasteiger partial charge in [-0.05, 0) is 30.7 Å². The first kappa shape index (κ1) is 12.5. The highest BCUT2D eigenvalue weighted by atomic mass is 32.1. The second kappa shape index (κ2) is 5.62. The maximum atomic E-state index is 11.7. The number of hydrogen-bond donors (Lipinski definition) is 3. The lowest BCUT2D eigenvalue weighted by atomic mass is 9.90. The number of nitrogens with one attached hydrogen (secondary N) is 1.